The van der Waals surface area contributed by atoms with Crippen molar-refractivity contribution in [3.8, 4) is 0 Å². The Balaban J connectivity index is 3.27. The van der Waals surface area contributed by atoms with Gasteiger partial charge in [-0.1, -0.05) is 11.2 Å². The Hall–Kier alpha value is -2.58. The Morgan fingerprint density at radius 2 is 1.52 bits per heavy atom. The highest BCUT2D eigenvalue weighted by Crippen LogP contribution is 2.30. The average molecular weight is 355 g/mol. The SMILES string of the molecule is C=CCC1O[C@H](CN=[N+]=[N-])[C@@H](OC(C)=O)[C@H](OC(C)=O)[C@@H]1OC(C)=O. The summed E-state index contributed by atoms with van der Waals surface area (Å²) in [6.45, 7) is 7.00. The van der Waals surface area contributed by atoms with E-state index in [1.165, 1.54) is 20.8 Å². The van der Waals surface area contributed by atoms with Crippen LogP contribution in [0.1, 0.15) is 27.2 Å². The van der Waals surface area contributed by atoms with Crippen molar-refractivity contribution in [2.24, 2.45) is 5.11 Å². The Labute approximate surface area is 144 Å². The topological polar surface area (TPSA) is 137 Å². The van der Waals surface area contributed by atoms with E-state index in [0.29, 0.717) is 0 Å². The van der Waals surface area contributed by atoms with E-state index >= 15 is 0 Å². The predicted octanol–water partition coefficient (Wildman–Crippen LogP) is 1.44. The summed E-state index contributed by atoms with van der Waals surface area (Å²) in [5.74, 6) is -1.92. The molecule has 0 amide bonds. The summed E-state index contributed by atoms with van der Waals surface area (Å²) in [4.78, 5) is 37.1. The highest BCUT2D eigenvalue weighted by molar-refractivity contribution is 5.68. The zero-order chi connectivity index (χ0) is 19.0. The molecule has 0 aliphatic carbocycles. The second-order valence-corrected chi connectivity index (χ2v) is 5.37. The molecule has 0 bridgehead atoms. The smallest absolute Gasteiger partial charge is 0.303 e. The fraction of sp³-hybridized carbons (Fsp3) is 0.667. The third-order valence-electron chi connectivity index (χ3n) is 3.36. The summed E-state index contributed by atoms with van der Waals surface area (Å²) in [6.07, 6.45) is -2.98. The normalized spacial score (nSPS) is 28.2. The molecule has 1 unspecified atom stereocenters. The van der Waals surface area contributed by atoms with Gasteiger partial charge in [0.1, 0.15) is 12.2 Å². The minimum atomic E-state index is -1.11. The summed E-state index contributed by atoms with van der Waals surface area (Å²) in [5.41, 5.74) is 8.54. The zero-order valence-corrected chi connectivity index (χ0v) is 14.3. The number of hydrogen-bond acceptors (Lipinski definition) is 8. The highest BCUT2D eigenvalue weighted by Gasteiger charge is 2.50. The first-order chi connectivity index (χ1) is 11.8. The molecule has 1 aliphatic rings. The summed E-state index contributed by atoms with van der Waals surface area (Å²) in [7, 11) is 0. The maximum Gasteiger partial charge on any atom is 0.303 e. The second-order valence-electron chi connectivity index (χ2n) is 5.37. The molecule has 1 fully saturated rings. The van der Waals surface area contributed by atoms with Gasteiger partial charge in [0.25, 0.3) is 0 Å². The first kappa shape index (κ1) is 20.5. The molecule has 138 valence electrons. The van der Waals surface area contributed by atoms with Gasteiger partial charge in [0.05, 0.1) is 6.54 Å². The maximum atomic E-state index is 11.5. The Kier molecular flexibility index (Phi) is 7.90. The number of esters is 3. The van der Waals surface area contributed by atoms with Gasteiger partial charge in [0.15, 0.2) is 18.3 Å². The van der Waals surface area contributed by atoms with Gasteiger partial charge < -0.3 is 18.9 Å². The Bertz CT molecular complexity index is 573. The van der Waals surface area contributed by atoms with E-state index in [1.807, 2.05) is 0 Å². The van der Waals surface area contributed by atoms with Crippen LogP contribution < -0.4 is 0 Å². The van der Waals surface area contributed by atoms with Crippen molar-refractivity contribution < 1.29 is 33.3 Å². The Morgan fingerprint density at radius 3 is 1.96 bits per heavy atom. The maximum absolute atomic E-state index is 11.5. The van der Waals surface area contributed by atoms with Gasteiger partial charge in [-0.3, -0.25) is 14.4 Å². The molecule has 0 aromatic carbocycles. The van der Waals surface area contributed by atoms with Crippen LogP contribution in [0.25, 0.3) is 10.4 Å². The van der Waals surface area contributed by atoms with Crippen molar-refractivity contribution in [3.05, 3.63) is 23.1 Å². The van der Waals surface area contributed by atoms with Crippen molar-refractivity contribution in [3.63, 3.8) is 0 Å². The molecule has 0 aromatic rings. The van der Waals surface area contributed by atoms with E-state index < -0.39 is 48.4 Å². The fourth-order valence-electron chi connectivity index (χ4n) is 2.60. The average Bonchev–Trinajstić information content (AvgIpc) is 2.50. The van der Waals surface area contributed by atoms with Gasteiger partial charge in [-0.25, -0.2) is 0 Å². The predicted molar refractivity (Wildman–Crippen MR) is 84.2 cm³/mol. The first-order valence-electron chi connectivity index (χ1n) is 7.59. The summed E-state index contributed by atoms with van der Waals surface area (Å²) < 4.78 is 21.5. The Morgan fingerprint density at radius 1 is 1.04 bits per heavy atom. The standard InChI is InChI=1S/C15H21N3O7/c1-5-6-11-13(22-8(2)19)15(24-10(4)21)14(23-9(3)20)12(25-11)7-17-18-16/h5,11-15H,1,6-7H2,2-4H3/t11?,12-,13-,14-,15-/m1/s1. The van der Waals surface area contributed by atoms with Crippen LogP contribution in [0.2, 0.25) is 0 Å². The highest BCUT2D eigenvalue weighted by atomic mass is 16.6. The lowest BCUT2D eigenvalue weighted by Gasteiger charge is -2.44. The number of nitrogens with zero attached hydrogens (tertiary/aromatic N) is 3. The van der Waals surface area contributed by atoms with Gasteiger partial charge in [-0.15, -0.1) is 6.58 Å². The molecule has 5 atom stereocenters. The lowest BCUT2D eigenvalue weighted by molar-refractivity contribution is -0.244. The largest absolute Gasteiger partial charge is 0.456 e. The second kappa shape index (κ2) is 9.65. The van der Waals surface area contributed by atoms with E-state index in [9.17, 15) is 14.4 Å². The molecular formula is C15H21N3O7. The number of hydrogen-bond donors (Lipinski definition) is 0. The number of ether oxygens (including phenoxy) is 4. The van der Waals surface area contributed by atoms with Gasteiger partial charge in [-0.05, 0) is 12.0 Å². The molecule has 10 heteroatoms. The molecule has 1 rings (SSSR count). The molecule has 1 saturated heterocycles. The minimum Gasteiger partial charge on any atom is -0.456 e. The minimum absolute atomic E-state index is 0.160. The lowest BCUT2D eigenvalue weighted by Crippen LogP contribution is -2.61. The summed E-state index contributed by atoms with van der Waals surface area (Å²) in [5, 5.41) is 3.44. The van der Waals surface area contributed by atoms with Gasteiger partial charge in [0, 0.05) is 25.7 Å². The monoisotopic (exact) mass is 355 g/mol. The third-order valence-corrected chi connectivity index (χ3v) is 3.36. The number of rotatable bonds is 7. The van der Waals surface area contributed by atoms with Crippen molar-refractivity contribution in [2.75, 3.05) is 6.54 Å². The van der Waals surface area contributed by atoms with Crippen LogP contribution >= 0.6 is 0 Å². The van der Waals surface area contributed by atoms with Crippen LogP contribution in [0.5, 0.6) is 0 Å². The van der Waals surface area contributed by atoms with E-state index in [1.54, 1.807) is 6.08 Å². The van der Waals surface area contributed by atoms with Crippen molar-refractivity contribution in [1.29, 1.82) is 0 Å². The zero-order valence-electron chi connectivity index (χ0n) is 14.3. The van der Waals surface area contributed by atoms with Crippen LogP contribution in [0.15, 0.2) is 17.8 Å². The fourth-order valence-corrected chi connectivity index (χ4v) is 2.60. The van der Waals surface area contributed by atoms with Gasteiger partial charge in [0.2, 0.25) is 0 Å². The van der Waals surface area contributed by atoms with Crippen molar-refractivity contribution in [1.82, 2.24) is 0 Å². The van der Waals surface area contributed by atoms with Crippen molar-refractivity contribution >= 4 is 17.9 Å². The van der Waals surface area contributed by atoms with Crippen LogP contribution in [-0.4, -0.2) is 55.0 Å². The molecule has 0 N–H and O–H groups in total. The van der Waals surface area contributed by atoms with Crippen LogP contribution in [-0.2, 0) is 33.3 Å². The lowest BCUT2D eigenvalue weighted by atomic mass is 9.92. The first-order valence-corrected chi connectivity index (χ1v) is 7.59. The van der Waals surface area contributed by atoms with E-state index in [4.69, 9.17) is 24.5 Å². The van der Waals surface area contributed by atoms with E-state index in [2.05, 4.69) is 16.6 Å². The van der Waals surface area contributed by atoms with Crippen LogP contribution in [0.4, 0.5) is 0 Å². The van der Waals surface area contributed by atoms with E-state index in [-0.39, 0.29) is 13.0 Å². The van der Waals surface area contributed by atoms with E-state index in [0.717, 1.165) is 0 Å². The molecule has 10 nitrogen and oxygen atoms in total. The quantitative estimate of drug-likeness (QED) is 0.168. The molecule has 0 saturated carbocycles. The number of carbonyl (C=O) groups is 3. The van der Waals surface area contributed by atoms with Gasteiger partial charge in [-0.2, -0.15) is 0 Å². The number of azide groups is 1. The van der Waals surface area contributed by atoms with Crippen LogP contribution in [0, 0.1) is 0 Å². The van der Waals surface area contributed by atoms with Crippen molar-refractivity contribution in [2.45, 2.75) is 57.7 Å². The molecule has 1 aliphatic heterocycles. The molecule has 0 aromatic heterocycles. The molecule has 0 radical (unpaired) electrons. The summed E-state index contributed by atoms with van der Waals surface area (Å²) >= 11 is 0. The van der Waals surface area contributed by atoms with Crippen LogP contribution in [0.3, 0.4) is 0 Å². The van der Waals surface area contributed by atoms with Gasteiger partial charge >= 0.3 is 17.9 Å². The summed E-state index contributed by atoms with van der Waals surface area (Å²) in [6, 6.07) is 0. The molecular weight excluding hydrogens is 334 g/mol. The molecule has 0 spiro atoms. The molecule has 25 heavy (non-hydrogen) atoms. The third kappa shape index (κ3) is 6.09. The molecule has 1 heterocycles. The number of carbonyl (C=O) groups excluding carboxylic acids is 3.